The number of amides is 1. The first kappa shape index (κ1) is 32.8. The minimum Gasteiger partial charge on any atom is -0.383 e. The van der Waals surface area contributed by atoms with E-state index in [0.29, 0.717) is 36.5 Å². The molecule has 9 nitrogen and oxygen atoms in total. The first-order chi connectivity index (χ1) is 22.7. The van der Waals surface area contributed by atoms with Crippen LogP contribution in [-0.4, -0.2) is 63.4 Å². The molecule has 0 aliphatic rings. The van der Waals surface area contributed by atoms with Crippen molar-refractivity contribution in [1.29, 1.82) is 0 Å². The number of nitrogens with zero attached hydrogens (tertiary/aromatic N) is 5. The molecule has 0 aliphatic heterocycles. The molecule has 238 valence electrons. The van der Waals surface area contributed by atoms with Crippen LogP contribution in [-0.2, 0) is 17.7 Å². The van der Waals surface area contributed by atoms with Crippen molar-refractivity contribution in [2.45, 2.75) is 25.8 Å². The van der Waals surface area contributed by atoms with Crippen LogP contribution in [0.2, 0.25) is 0 Å². The Morgan fingerprint density at radius 3 is 2.53 bits per heavy atom. The second kappa shape index (κ2) is 15.1. The summed E-state index contributed by atoms with van der Waals surface area (Å²) in [6, 6.07) is 16.3. The molecule has 0 saturated carbocycles. The summed E-state index contributed by atoms with van der Waals surface area (Å²) in [6.45, 7) is 0.930. The van der Waals surface area contributed by atoms with Crippen molar-refractivity contribution in [1.82, 2.24) is 24.4 Å². The predicted octanol–water partition coefficient (Wildman–Crippen LogP) is 4.84. The number of ether oxygens (including phenoxy) is 1. The van der Waals surface area contributed by atoms with Crippen molar-refractivity contribution in [2.24, 2.45) is 0 Å². The lowest BCUT2D eigenvalue weighted by atomic mass is 10.1. The lowest BCUT2D eigenvalue weighted by Crippen LogP contribution is -2.29. The highest BCUT2D eigenvalue weighted by molar-refractivity contribution is 5.95. The standard InChI is InChI=1S/C36H31F2N5O4/c1-42(15-16-47-2)35(45)27-11-7-25(8-12-27)19-34-40-20-28-17-24(10-14-32(28)41-34)5-3-4-6-33(44)29-21-39-23-43(36(29)46)22-26-9-13-30(37)31(38)18-26/h7-14,17-18,20-21,23H,4,6,15-16,19,22H2,1-2H3. The molecule has 0 radical (unpaired) electrons. The van der Waals surface area contributed by atoms with Crippen LogP contribution in [0.4, 0.5) is 8.78 Å². The van der Waals surface area contributed by atoms with E-state index in [9.17, 15) is 23.2 Å². The van der Waals surface area contributed by atoms with E-state index in [4.69, 9.17) is 4.74 Å². The fraction of sp³-hybridized carbons (Fsp3) is 0.222. The van der Waals surface area contributed by atoms with Crippen molar-refractivity contribution in [3.63, 3.8) is 0 Å². The van der Waals surface area contributed by atoms with Gasteiger partial charge in [0.2, 0.25) is 0 Å². The average Bonchev–Trinajstić information content (AvgIpc) is 3.08. The zero-order valence-corrected chi connectivity index (χ0v) is 25.9. The highest BCUT2D eigenvalue weighted by Crippen LogP contribution is 2.16. The Hall–Kier alpha value is -5.60. The quantitative estimate of drug-likeness (QED) is 0.151. The molecule has 2 aromatic heterocycles. The number of Topliss-reactive ketones (excluding diaryl/α,β-unsaturated/α-hetero) is 1. The molecule has 47 heavy (non-hydrogen) atoms. The Labute approximate surface area is 269 Å². The van der Waals surface area contributed by atoms with E-state index in [1.54, 1.807) is 37.4 Å². The molecular formula is C36H31F2N5O4. The van der Waals surface area contributed by atoms with Crippen LogP contribution in [0.1, 0.15) is 56.1 Å². The third-order valence-corrected chi connectivity index (χ3v) is 7.42. The van der Waals surface area contributed by atoms with Gasteiger partial charge in [0.05, 0.1) is 25.0 Å². The fourth-order valence-corrected chi connectivity index (χ4v) is 4.80. The van der Waals surface area contributed by atoms with E-state index < -0.39 is 23.0 Å². The smallest absolute Gasteiger partial charge is 0.264 e. The Morgan fingerprint density at radius 1 is 0.979 bits per heavy atom. The molecule has 5 aromatic rings. The Morgan fingerprint density at radius 2 is 1.77 bits per heavy atom. The van der Waals surface area contributed by atoms with Gasteiger partial charge in [0, 0.05) is 68.9 Å². The lowest BCUT2D eigenvalue weighted by molar-refractivity contribution is 0.0744. The van der Waals surface area contributed by atoms with Gasteiger partial charge in [-0.15, -0.1) is 0 Å². The molecule has 0 atom stereocenters. The summed E-state index contributed by atoms with van der Waals surface area (Å²) in [4.78, 5) is 52.9. The van der Waals surface area contributed by atoms with Crippen molar-refractivity contribution in [3.05, 3.63) is 135 Å². The zero-order valence-electron chi connectivity index (χ0n) is 25.9. The number of methoxy groups -OCH3 is 1. The first-order valence-corrected chi connectivity index (χ1v) is 14.8. The molecular weight excluding hydrogens is 604 g/mol. The molecule has 0 unspecified atom stereocenters. The van der Waals surface area contributed by atoms with Crippen LogP contribution in [0, 0.1) is 23.5 Å². The highest BCUT2D eigenvalue weighted by Gasteiger charge is 2.14. The minimum atomic E-state index is -1.02. The van der Waals surface area contributed by atoms with Crippen molar-refractivity contribution in [2.75, 3.05) is 27.3 Å². The van der Waals surface area contributed by atoms with Gasteiger partial charge in [-0.3, -0.25) is 19.0 Å². The second-order valence-electron chi connectivity index (χ2n) is 10.9. The number of benzene rings is 3. The molecule has 2 heterocycles. The number of hydrogen-bond donors (Lipinski definition) is 0. The van der Waals surface area contributed by atoms with E-state index in [1.165, 1.54) is 23.2 Å². The molecule has 0 fully saturated rings. The molecule has 0 saturated heterocycles. The van der Waals surface area contributed by atoms with Gasteiger partial charge in [-0.05, 0) is 53.6 Å². The molecule has 11 heteroatoms. The molecule has 5 rings (SSSR count). The minimum absolute atomic E-state index is 0.0127. The fourth-order valence-electron chi connectivity index (χ4n) is 4.80. The van der Waals surface area contributed by atoms with Crippen molar-refractivity contribution < 1.29 is 23.1 Å². The Balaban J connectivity index is 1.17. The normalized spacial score (nSPS) is 10.8. The number of carbonyl (C=O) groups excluding carboxylic acids is 2. The monoisotopic (exact) mass is 635 g/mol. The second-order valence-corrected chi connectivity index (χ2v) is 10.9. The van der Waals surface area contributed by atoms with E-state index in [-0.39, 0.29) is 30.9 Å². The summed E-state index contributed by atoms with van der Waals surface area (Å²) in [6.07, 6.45) is 4.93. The van der Waals surface area contributed by atoms with Gasteiger partial charge >= 0.3 is 0 Å². The first-order valence-electron chi connectivity index (χ1n) is 14.8. The van der Waals surface area contributed by atoms with Crippen LogP contribution >= 0.6 is 0 Å². The Kier molecular flexibility index (Phi) is 10.5. The summed E-state index contributed by atoms with van der Waals surface area (Å²) in [7, 11) is 3.34. The highest BCUT2D eigenvalue weighted by atomic mass is 19.2. The largest absolute Gasteiger partial charge is 0.383 e. The van der Waals surface area contributed by atoms with Gasteiger partial charge in [0.1, 0.15) is 11.4 Å². The summed E-state index contributed by atoms with van der Waals surface area (Å²) < 4.78 is 33.0. The van der Waals surface area contributed by atoms with Crippen LogP contribution in [0.25, 0.3) is 10.9 Å². The molecule has 0 aliphatic carbocycles. The van der Waals surface area contributed by atoms with Crippen LogP contribution in [0.5, 0.6) is 0 Å². The van der Waals surface area contributed by atoms with E-state index in [0.717, 1.165) is 34.2 Å². The maximum Gasteiger partial charge on any atom is 0.264 e. The van der Waals surface area contributed by atoms with Gasteiger partial charge in [-0.1, -0.05) is 30.0 Å². The third-order valence-electron chi connectivity index (χ3n) is 7.42. The van der Waals surface area contributed by atoms with Gasteiger partial charge in [-0.2, -0.15) is 0 Å². The summed E-state index contributed by atoms with van der Waals surface area (Å²) in [5, 5.41) is 0.814. The number of fused-ring (bicyclic) bond motifs is 1. The number of carbonyl (C=O) groups is 2. The number of halogens is 2. The van der Waals surface area contributed by atoms with E-state index in [1.807, 2.05) is 30.3 Å². The number of hydrogen-bond acceptors (Lipinski definition) is 7. The van der Waals surface area contributed by atoms with Gasteiger partial charge in [-0.25, -0.2) is 23.7 Å². The maximum absolute atomic E-state index is 13.6. The summed E-state index contributed by atoms with van der Waals surface area (Å²) >= 11 is 0. The molecule has 1 amide bonds. The summed E-state index contributed by atoms with van der Waals surface area (Å²) in [5.41, 5.74) is 2.78. The predicted molar refractivity (Wildman–Crippen MR) is 172 cm³/mol. The van der Waals surface area contributed by atoms with Gasteiger partial charge in [0.15, 0.2) is 17.4 Å². The number of ketones is 1. The van der Waals surface area contributed by atoms with Gasteiger partial charge in [0.25, 0.3) is 11.5 Å². The Bertz CT molecular complexity index is 2050. The maximum atomic E-state index is 13.6. The van der Waals surface area contributed by atoms with Crippen molar-refractivity contribution in [3.8, 4) is 11.8 Å². The van der Waals surface area contributed by atoms with Crippen LogP contribution in [0.15, 0.2) is 84.2 Å². The summed E-state index contributed by atoms with van der Waals surface area (Å²) in [5.74, 6) is 4.17. The third kappa shape index (κ3) is 8.36. The molecule has 0 N–H and O–H groups in total. The van der Waals surface area contributed by atoms with Crippen molar-refractivity contribution >= 4 is 22.6 Å². The van der Waals surface area contributed by atoms with Crippen LogP contribution in [0.3, 0.4) is 0 Å². The van der Waals surface area contributed by atoms with E-state index >= 15 is 0 Å². The lowest BCUT2D eigenvalue weighted by Gasteiger charge is -2.16. The van der Waals surface area contributed by atoms with Gasteiger partial charge < -0.3 is 9.64 Å². The topological polar surface area (TPSA) is 107 Å². The number of aromatic nitrogens is 4. The average molecular weight is 636 g/mol. The molecule has 3 aromatic carbocycles. The molecule has 0 spiro atoms. The van der Waals surface area contributed by atoms with Crippen LogP contribution < -0.4 is 5.56 Å². The van der Waals surface area contributed by atoms with E-state index in [2.05, 4.69) is 26.8 Å². The zero-order chi connectivity index (χ0) is 33.3. The number of likely N-dealkylation sites (N-methyl/N-ethyl adjacent to an activating group) is 1. The number of rotatable bonds is 11. The SMILES string of the molecule is COCCN(C)C(=O)c1ccc(Cc2ncc3cc(C#CCCC(=O)c4cncn(Cc5ccc(F)c(F)c5)c4=O)ccc3n2)cc1. The molecule has 0 bridgehead atoms.